The molecular weight excluding hydrogens is 499 g/mol. The summed E-state index contributed by atoms with van der Waals surface area (Å²) in [6.07, 6.45) is -2.55. The maximum absolute atomic E-state index is 12.9. The number of halogens is 3. The fourth-order valence-corrected chi connectivity index (χ4v) is 3.41. The second-order valence-electron chi connectivity index (χ2n) is 8.14. The predicted molar refractivity (Wildman–Crippen MR) is 138 cm³/mol. The standard InChI is InChI=1S/C26H24F3N7O2/c27-26(28,29)22-14-20(11-13-32-22)38-19-9-7-17(8-10-19)33-23-15-21(35-25(31)36-23)16-3-5-18(6-4-16)34-24(37)2-1-12-30/h3-11,13-15H,1-2,12,30H2,(H,34,37)(H3,31,33,35,36). The van der Waals surface area contributed by atoms with E-state index in [-0.39, 0.29) is 17.6 Å². The number of rotatable bonds is 9. The number of anilines is 4. The lowest BCUT2D eigenvalue weighted by molar-refractivity contribution is -0.141. The van der Waals surface area contributed by atoms with Gasteiger partial charge in [-0.05, 0) is 55.4 Å². The molecule has 0 atom stereocenters. The number of nitrogens with one attached hydrogen (secondary N) is 2. The van der Waals surface area contributed by atoms with E-state index in [9.17, 15) is 18.0 Å². The van der Waals surface area contributed by atoms with Crippen LogP contribution in [0.15, 0.2) is 72.9 Å². The maximum atomic E-state index is 12.9. The Bertz CT molecular complexity index is 1400. The number of nitrogens with two attached hydrogens (primary N) is 2. The van der Waals surface area contributed by atoms with Gasteiger partial charge in [0.25, 0.3) is 0 Å². The third-order valence-corrected chi connectivity index (χ3v) is 5.20. The van der Waals surface area contributed by atoms with Crippen molar-refractivity contribution in [3.05, 3.63) is 78.6 Å². The van der Waals surface area contributed by atoms with Gasteiger partial charge in [0.05, 0.1) is 5.69 Å². The molecule has 0 aliphatic rings. The van der Waals surface area contributed by atoms with E-state index in [0.29, 0.717) is 48.0 Å². The Balaban J connectivity index is 1.43. The van der Waals surface area contributed by atoms with E-state index in [0.717, 1.165) is 17.8 Å². The number of benzene rings is 2. The highest BCUT2D eigenvalue weighted by Crippen LogP contribution is 2.31. The van der Waals surface area contributed by atoms with Crippen LogP contribution in [0.1, 0.15) is 18.5 Å². The number of amides is 1. The van der Waals surface area contributed by atoms with Crippen molar-refractivity contribution in [2.45, 2.75) is 19.0 Å². The Morgan fingerprint density at radius 2 is 1.63 bits per heavy atom. The van der Waals surface area contributed by atoms with Gasteiger partial charge in [0.2, 0.25) is 11.9 Å². The van der Waals surface area contributed by atoms with Gasteiger partial charge in [-0.15, -0.1) is 0 Å². The Morgan fingerprint density at radius 1 is 0.921 bits per heavy atom. The van der Waals surface area contributed by atoms with Crippen LogP contribution in [0.5, 0.6) is 11.5 Å². The number of nitrogen functional groups attached to an aromatic ring is 1. The van der Waals surface area contributed by atoms with Crippen molar-refractivity contribution >= 4 is 29.0 Å². The van der Waals surface area contributed by atoms with Crippen LogP contribution in [0.25, 0.3) is 11.3 Å². The molecule has 2 aromatic heterocycles. The number of carbonyl (C=O) groups excluding carboxylic acids is 1. The van der Waals surface area contributed by atoms with Gasteiger partial charge in [-0.1, -0.05) is 12.1 Å². The highest BCUT2D eigenvalue weighted by molar-refractivity contribution is 5.91. The van der Waals surface area contributed by atoms with Crippen LogP contribution in [0.3, 0.4) is 0 Å². The largest absolute Gasteiger partial charge is 0.457 e. The molecule has 2 heterocycles. The molecule has 0 radical (unpaired) electrons. The molecule has 2 aromatic carbocycles. The van der Waals surface area contributed by atoms with E-state index in [1.807, 2.05) is 0 Å². The summed E-state index contributed by atoms with van der Waals surface area (Å²) in [6, 6.07) is 17.6. The predicted octanol–water partition coefficient (Wildman–Crippen LogP) is 5.35. The van der Waals surface area contributed by atoms with Crippen LogP contribution in [0.4, 0.5) is 36.3 Å². The third-order valence-electron chi connectivity index (χ3n) is 5.20. The summed E-state index contributed by atoms with van der Waals surface area (Å²) < 4.78 is 44.1. The molecule has 0 spiro atoms. The summed E-state index contributed by atoms with van der Waals surface area (Å²) in [5.41, 5.74) is 12.9. The molecule has 4 rings (SSSR count). The average Bonchev–Trinajstić information content (AvgIpc) is 2.88. The van der Waals surface area contributed by atoms with Crippen molar-refractivity contribution in [1.82, 2.24) is 15.0 Å². The number of nitrogens with zero attached hydrogens (tertiary/aromatic N) is 3. The summed E-state index contributed by atoms with van der Waals surface area (Å²) >= 11 is 0. The van der Waals surface area contributed by atoms with Gasteiger partial charge < -0.3 is 26.8 Å². The van der Waals surface area contributed by atoms with Crippen LogP contribution in [-0.4, -0.2) is 27.4 Å². The summed E-state index contributed by atoms with van der Waals surface area (Å²) in [5, 5.41) is 5.93. The van der Waals surface area contributed by atoms with Crippen LogP contribution in [0, 0.1) is 0 Å². The number of hydrogen-bond donors (Lipinski definition) is 4. The lowest BCUT2D eigenvalue weighted by Crippen LogP contribution is -2.13. The first-order valence-electron chi connectivity index (χ1n) is 11.5. The smallest absolute Gasteiger partial charge is 0.433 e. The van der Waals surface area contributed by atoms with Gasteiger partial charge in [0, 0.05) is 41.7 Å². The van der Waals surface area contributed by atoms with Crippen molar-refractivity contribution in [2.75, 3.05) is 22.9 Å². The van der Waals surface area contributed by atoms with Gasteiger partial charge in [-0.3, -0.25) is 9.78 Å². The molecule has 0 aliphatic heterocycles. The van der Waals surface area contributed by atoms with Gasteiger partial charge >= 0.3 is 6.18 Å². The minimum Gasteiger partial charge on any atom is -0.457 e. The van der Waals surface area contributed by atoms with Crippen LogP contribution < -0.4 is 26.8 Å². The van der Waals surface area contributed by atoms with Crippen molar-refractivity contribution in [3.8, 4) is 22.8 Å². The van der Waals surface area contributed by atoms with Crippen LogP contribution in [0.2, 0.25) is 0 Å². The van der Waals surface area contributed by atoms with E-state index >= 15 is 0 Å². The molecule has 0 unspecified atom stereocenters. The zero-order chi connectivity index (χ0) is 27.1. The molecule has 1 amide bonds. The number of pyridine rings is 1. The Hall–Kier alpha value is -4.71. The number of carbonyl (C=O) groups is 1. The minimum atomic E-state index is -4.56. The van der Waals surface area contributed by atoms with Crippen molar-refractivity contribution in [3.63, 3.8) is 0 Å². The molecule has 0 saturated carbocycles. The fraction of sp³-hybridized carbons (Fsp3) is 0.154. The summed E-state index contributed by atoms with van der Waals surface area (Å²) in [4.78, 5) is 23.7. The zero-order valence-corrected chi connectivity index (χ0v) is 20.0. The Kier molecular flexibility index (Phi) is 8.02. The molecule has 0 fully saturated rings. The second-order valence-corrected chi connectivity index (χ2v) is 8.14. The van der Waals surface area contributed by atoms with E-state index in [1.54, 1.807) is 54.6 Å². The van der Waals surface area contributed by atoms with Gasteiger partial charge in [-0.2, -0.15) is 18.2 Å². The average molecular weight is 524 g/mol. The Morgan fingerprint density at radius 3 is 2.32 bits per heavy atom. The first kappa shape index (κ1) is 26.4. The van der Waals surface area contributed by atoms with E-state index in [4.69, 9.17) is 16.2 Å². The second kappa shape index (κ2) is 11.6. The zero-order valence-electron chi connectivity index (χ0n) is 20.0. The first-order chi connectivity index (χ1) is 18.2. The number of alkyl halides is 3. The van der Waals surface area contributed by atoms with Crippen molar-refractivity contribution in [1.29, 1.82) is 0 Å². The summed E-state index contributed by atoms with van der Waals surface area (Å²) in [5.74, 6) is 0.742. The van der Waals surface area contributed by atoms with Crippen LogP contribution >= 0.6 is 0 Å². The topological polar surface area (TPSA) is 141 Å². The minimum absolute atomic E-state index is 0.0161. The highest BCUT2D eigenvalue weighted by atomic mass is 19.4. The Labute approximate surface area is 216 Å². The molecule has 0 bridgehead atoms. The first-order valence-corrected chi connectivity index (χ1v) is 11.5. The van der Waals surface area contributed by atoms with Gasteiger partial charge in [0.15, 0.2) is 0 Å². The molecule has 196 valence electrons. The van der Waals surface area contributed by atoms with Crippen molar-refractivity contribution in [2.24, 2.45) is 5.73 Å². The normalized spacial score (nSPS) is 11.2. The lowest BCUT2D eigenvalue weighted by Gasteiger charge is -2.11. The van der Waals surface area contributed by atoms with E-state index in [1.165, 1.54) is 6.07 Å². The van der Waals surface area contributed by atoms with Gasteiger partial charge in [-0.25, -0.2) is 4.98 Å². The lowest BCUT2D eigenvalue weighted by atomic mass is 10.1. The molecule has 0 aliphatic carbocycles. The monoisotopic (exact) mass is 523 g/mol. The quantitative estimate of drug-likeness (QED) is 0.230. The number of ether oxygens (including phenoxy) is 1. The summed E-state index contributed by atoms with van der Waals surface area (Å²) in [7, 11) is 0. The maximum Gasteiger partial charge on any atom is 0.433 e. The van der Waals surface area contributed by atoms with Crippen LogP contribution in [-0.2, 0) is 11.0 Å². The molecule has 38 heavy (non-hydrogen) atoms. The molecule has 0 saturated heterocycles. The van der Waals surface area contributed by atoms with E-state index in [2.05, 4.69) is 25.6 Å². The summed E-state index contributed by atoms with van der Waals surface area (Å²) in [6.45, 7) is 0.452. The highest BCUT2D eigenvalue weighted by Gasteiger charge is 2.32. The molecule has 6 N–H and O–H groups in total. The molecular formula is C26H24F3N7O2. The number of aromatic nitrogens is 3. The molecule has 4 aromatic rings. The third kappa shape index (κ3) is 7.17. The fourth-order valence-electron chi connectivity index (χ4n) is 3.41. The van der Waals surface area contributed by atoms with Crippen molar-refractivity contribution < 1.29 is 22.7 Å². The number of hydrogen-bond acceptors (Lipinski definition) is 8. The SMILES string of the molecule is NCCCC(=O)Nc1ccc(-c2cc(Nc3ccc(Oc4ccnc(C(F)(F)F)c4)cc3)nc(N)n2)cc1. The molecule has 9 nitrogen and oxygen atoms in total. The molecule has 12 heteroatoms. The van der Waals surface area contributed by atoms with E-state index < -0.39 is 11.9 Å². The van der Waals surface area contributed by atoms with Gasteiger partial charge in [0.1, 0.15) is 23.0 Å².